The maximum absolute atomic E-state index is 9.41. The van der Waals surface area contributed by atoms with Crippen LogP contribution >= 0.6 is 11.6 Å². The third kappa shape index (κ3) is 4.27. The second-order valence-corrected chi connectivity index (χ2v) is 8.24. The molecule has 0 bridgehead atoms. The van der Waals surface area contributed by atoms with Crippen molar-refractivity contribution in [1.82, 2.24) is 20.2 Å². The van der Waals surface area contributed by atoms with Gasteiger partial charge in [0.05, 0.1) is 28.6 Å². The minimum atomic E-state index is 0.0630. The first-order valence-corrected chi connectivity index (χ1v) is 10.6. The van der Waals surface area contributed by atoms with Gasteiger partial charge in [0, 0.05) is 37.1 Å². The van der Waals surface area contributed by atoms with Gasteiger partial charge in [0.2, 0.25) is 0 Å². The highest BCUT2D eigenvalue weighted by Gasteiger charge is 2.25. The second kappa shape index (κ2) is 9.01. The topological polar surface area (TPSA) is 101 Å². The molecule has 9 heteroatoms. The van der Waals surface area contributed by atoms with Crippen LogP contribution < -0.4 is 15.0 Å². The summed E-state index contributed by atoms with van der Waals surface area (Å²) in [5.74, 6) is 0.715. The Balaban J connectivity index is 1.69. The number of nitrogens with one attached hydrogen (secondary N) is 1. The Bertz CT molecular complexity index is 1020. The molecule has 0 unspecified atom stereocenters. The second-order valence-electron chi connectivity index (χ2n) is 7.84. The van der Waals surface area contributed by atoms with Crippen LogP contribution in [-0.4, -0.2) is 66.8 Å². The van der Waals surface area contributed by atoms with Crippen molar-refractivity contribution in [2.24, 2.45) is 0 Å². The molecule has 2 aromatic rings. The van der Waals surface area contributed by atoms with E-state index in [0.29, 0.717) is 53.5 Å². The van der Waals surface area contributed by atoms with E-state index < -0.39 is 0 Å². The average Bonchev–Trinajstić information content (AvgIpc) is 3.16. The zero-order valence-electron chi connectivity index (χ0n) is 16.9. The van der Waals surface area contributed by atoms with Gasteiger partial charge in [-0.15, -0.1) is 0 Å². The lowest BCUT2D eigenvalue weighted by Gasteiger charge is -2.34. The highest BCUT2D eigenvalue weighted by atomic mass is 35.5. The SMILES string of the molecule is CN1CCC[C@H]1COc1nc(N2CCN[C@@H](CC#N)C2)c2cc(C#N)c(Cl)cc2n1. The van der Waals surface area contributed by atoms with E-state index in [1.807, 2.05) is 0 Å². The van der Waals surface area contributed by atoms with Crippen LogP contribution in [0, 0.1) is 22.7 Å². The number of likely N-dealkylation sites (N-methyl/N-ethyl adjacent to an activating group) is 1. The summed E-state index contributed by atoms with van der Waals surface area (Å²) >= 11 is 6.27. The maximum Gasteiger partial charge on any atom is 0.319 e. The quantitative estimate of drug-likeness (QED) is 0.778. The summed E-state index contributed by atoms with van der Waals surface area (Å²) < 4.78 is 6.00. The van der Waals surface area contributed by atoms with Crippen molar-refractivity contribution in [3.05, 3.63) is 22.7 Å². The number of likely N-dealkylation sites (tertiary alicyclic amines) is 1. The molecule has 156 valence electrons. The van der Waals surface area contributed by atoms with Crippen LogP contribution in [0.3, 0.4) is 0 Å². The highest BCUT2D eigenvalue weighted by Crippen LogP contribution is 2.31. The van der Waals surface area contributed by atoms with Crippen molar-refractivity contribution < 1.29 is 4.74 Å². The molecule has 2 saturated heterocycles. The predicted molar refractivity (Wildman–Crippen MR) is 115 cm³/mol. The Morgan fingerprint density at radius 1 is 1.30 bits per heavy atom. The van der Waals surface area contributed by atoms with E-state index in [-0.39, 0.29) is 6.04 Å². The van der Waals surface area contributed by atoms with Crippen molar-refractivity contribution in [3.8, 4) is 18.1 Å². The number of hydrogen-bond donors (Lipinski definition) is 1. The van der Waals surface area contributed by atoms with Crippen LogP contribution in [0.15, 0.2) is 12.1 Å². The number of aromatic nitrogens is 2. The molecule has 1 aromatic carbocycles. The van der Waals surface area contributed by atoms with E-state index in [9.17, 15) is 5.26 Å². The van der Waals surface area contributed by atoms with Gasteiger partial charge in [-0.2, -0.15) is 20.5 Å². The molecule has 2 atom stereocenters. The average molecular weight is 426 g/mol. The van der Waals surface area contributed by atoms with Crippen LogP contribution in [0.1, 0.15) is 24.8 Å². The van der Waals surface area contributed by atoms with Crippen LogP contribution in [0.4, 0.5) is 5.82 Å². The minimum Gasteiger partial charge on any atom is -0.462 e. The molecule has 4 rings (SSSR count). The number of anilines is 1. The highest BCUT2D eigenvalue weighted by molar-refractivity contribution is 6.32. The first-order valence-electron chi connectivity index (χ1n) is 10.2. The minimum absolute atomic E-state index is 0.0630. The van der Waals surface area contributed by atoms with Gasteiger partial charge in [0.1, 0.15) is 18.5 Å². The van der Waals surface area contributed by atoms with Crippen LogP contribution in [-0.2, 0) is 0 Å². The Morgan fingerprint density at radius 3 is 2.90 bits per heavy atom. The van der Waals surface area contributed by atoms with Gasteiger partial charge in [0.25, 0.3) is 0 Å². The third-order valence-corrected chi connectivity index (χ3v) is 6.15. The molecule has 0 radical (unpaired) electrons. The van der Waals surface area contributed by atoms with E-state index >= 15 is 0 Å². The number of rotatable bonds is 5. The van der Waals surface area contributed by atoms with E-state index in [0.717, 1.165) is 31.4 Å². The van der Waals surface area contributed by atoms with E-state index in [1.54, 1.807) is 12.1 Å². The van der Waals surface area contributed by atoms with Gasteiger partial charge in [-0.1, -0.05) is 11.6 Å². The van der Waals surface area contributed by atoms with Gasteiger partial charge >= 0.3 is 6.01 Å². The number of ether oxygens (including phenoxy) is 1. The summed E-state index contributed by atoms with van der Waals surface area (Å²) in [4.78, 5) is 13.7. The fraction of sp³-hybridized carbons (Fsp3) is 0.524. The van der Waals surface area contributed by atoms with Crippen molar-refractivity contribution >= 4 is 28.3 Å². The number of benzene rings is 1. The fourth-order valence-corrected chi connectivity index (χ4v) is 4.33. The summed E-state index contributed by atoms with van der Waals surface area (Å²) in [5, 5.41) is 23.0. The summed E-state index contributed by atoms with van der Waals surface area (Å²) in [6, 6.07) is 8.53. The molecule has 30 heavy (non-hydrogen) atoms. The number of piperazine rings is 1. The smallest absolute Gasteiger partial charge is 0.319 e. The molecule has 0 amide bonds. The lowest BCUT2D eigenvalue weighted by Crippen LogP contribution is -2.51. The largest absolute Gasteiger partial charge is 0.462 e. The summed E-state index contributed by atoms with van der Waals surface area (Å²) in [7, 11) is 2.10. The van der Waals surface area contributed by atoms with Crippen molar-refractivity contribution in [1.29, 1.82) is 10.5 Å². The van der Waals surface area contributed by atoms with Gasteiger partial charge in [-0.05, 0) is 38.6 Å². The molecule has 1 aromatic heterocycles. The van der Waals surface area contributed by atoms with E-state index in [4.69, 9.17) is 26.6 Å². The molecule has 2 fully saturated rings. The number of halogens is 1. The number of hydrogen-bond acceptors (Lipinski definition) is 8. The third-order valence-electron chi connectivity index (χ3n) is 5.83. The fourth-order valence-electron chi connectivity index (χ4n) is 4.13. The van der Waals surface area contributed by atoms with Crippen molar-refractivity contribution in [3.63, 3.8) is 0 Å². The molecule has 0 spiro atoms. The molecule has 3 heterocycles. The normalized spacial score (nSPS) is 22.1. The molecule has 1 N–H and O–H groups in total. The predicted octanol–water partition coefficient (Wildman–Crippen LogP) is 2.32. The molecule has 8 nitrogen and oxygen atoms in total. The molecular formula is C21H24ClN7O. The number of nitriles is 2. The standard InChI is InChI=1S/C21H24ClN7O/c1-28-7-2-3-16(28)13-30-21-26-19-10-18(22)14(11-24)9-17(19)20(27-21)29-8-6-25-15(12-29)4-5-23/h9-10,15-16,25H,2-4,6-8,12-13H2,1H3/t15-,16-/m0/s1. The van der Waals surface area contributed by atoms with E-state index in [1.165, 1.54) is 6.42 Å². The Labute approximate surface area is 181 Å². The van der Waals surface area contributed by atoms with Gasteiger partial charge in [-0.3, -0.25) is 0 Å². The zero-order chi connectivity index (χ0) is 21.1. The first-order chi connectivity index (χ1) is 14.6. The lowest BCUT2D eigenvalue weighted by atomic mass is 10.1. The number of nitrogens with zero attached hydrogens (tertiary/aromatic N) is 6. The maximum atomic E-state index is 9.41. The summed E-state index contributed by atoms with van der Waals surface area (Å²) in [5.41, 5.74) is 1.04. The summed E-state index contributed by atoms with van der Waals surface area (Å²) in [6.45, 7) is 3.74. The first kappa shape index (κ1) is 20.6. The molecule has 0 saturated carbocycles. The van der Waals surface area contributed by atoms with Crippen molar-refractivity contribution in [2.75, 3.05) is 44.7 Å². The van der Waals surface area contributed by atoms with Crippen LogP contribution in [0.2, 0.25) is 5.02 Å². The van der Waals surface area contributed by atoms with Gasteiger partial charge in [-0.25, -0.2) is 0 Å². The number of fused-ring (bicyclic) bond motifs is 1. The summed E-state index contributed by atoms with van der Waals surface area (Å²) in [6.07, 6.45) is 2.69. The van der Waals surface area contributed by atoms with Crippen LogP contribution in [0.25, 0.3) is 10.9 Å². The molecule has 2 aliphatic heterocycles. The van der Waals surface area contributed by atoms with Gasteiger partial charge < -0.3 is 19.9 Å². The van der Waals surface area contributed by atoms with Crippen molar-refractivity contribution in [2.45, 2.75) is 31.3 Å². The van der Waals surface area contributed by atoms with Crippen LogP contribution in [0.5, 0.6) is 6.01 Å². The Hall–Kier alpha value is -2.65. The molecule has 2 aliphatic rings. The lowest BCUT2D eigenvalue weighted by molar-refractivity contribution is 0.188. The monoisotopic (exact) mass is 425 g/mol. The van der Waals surface area contributed by atoms with E-state index in [2.05, 4.69) is 39.3 Å². The molecule has 0 aliphatic carbocycles. The Kier molecular flexibility index (Phi) is 6.19. The van der Waals surface area contributed by atoms with Gasteiger partial charge in [0.15, 0.2) is 0 Å². The Morgan fingerprint density at radius 2 is 2.17 bits per heavy atom. The zero-order valence-corrected chi connectivity index (χ0v) is 17.7. The molecular weight excluding hydrogens is 402 g/mol.